The van der Waals surface area contributed by atoms with Crippen LogP contribution < -0.4 is 5.32 Å². The van der Waals surface area contributed by atoms with Crippen LogP contribution in [0.5, 0.6) is 0 Å². The molecule has 1 unspecified atom stereocenters. The maximum absolute atomic E-state index is 12.8. The number of likely N-dealkylation sites (tertiary alicyclic amines) is 1. The van der Waals surface area contributed by atoms with E-state index in [1.54, 1.807) is 31.2 Å². The zero-order valence-electron chi connectivity index (χ0n) is 16.4. The molecule has 0 radical (unpaired) electrons. The van der Waals surface area contributed by atoms with Crippen molar-refractivity contribution in [2.24, 2.45) is 0 Å². The first kappa shape index (κ1) is 20.3. The molecule has 1 aliphatic heterocycles. The Hall–Kier alpha value is -2.94. The number of carbonyl (C=O) groups is 2. The predicted molar refractivity (Wildman–Crippen MR) is 112 cm³/mol. The van der Waals surface area contributed by atoms with Gasteiger partial charge in [-0.05, 0) is 65.5 Å². The van der Waals surface area contributed by atoms with Crippen LogP contribution in [0.3, 0.4) is 0 Å². The highest BCUT2D eigenvalue weighted by atomic mass is 79.9. The zero-order valence-corrected chi connectivity index (χ0v) is 18.0. The lowest BCUT2D eigenvalue weighted by molar-refractivity contribution is -0.131. The third kappa shape index (κ3) is 4.79. The van der Waals surface area contributed by atoms with Crippen LogP contribution in [0.2, 0.25) is 0 Å². The molecule has 1 N–H and O–H groups in total. The molecule has 1 fully saturated rings. The summed E-state index contributed by atoms with van der Waals surface area (Å²) in [5.41, 5.74) is 1.52. The van der Waals surface area contributed by atoms with Crippen LogP contribution in [0, 0.1) is 6.92 Å². The van der Waals surface area contributed by atoms with E-state index >= 15 is 0 Å². The van der Waals surface area contributed by atoms with E-state index in [4.69, 9.17) is 8.94 Å². The Kier molecular flexibility index (Phi) is 5.98. The van der Waals surface area contributed by atoms with Gasteiger partial charge in [-0.2, -0.15) is 4.98 Å². The summed E-state index contributed by atoms with van der Waals surface area (Å²) in [6.45, 7) is 3.11. The first-order valence-electron chi connectivity index (χ1n) is 9.71. The Balaban J connectivity index is 1.33. The number of aryl methyl sites for hydroxylation is 1. The molecule has 1 saturated heterocycles. The van der Waals surface area contributed by atoms with Gasteiger partial charge in [0.25, 0.3) is 5.91 Å². The molecule has 8 nitrogen and oxygen atoms in total. The molecule has 0 bridgehead atoms. The van der Waals surface area contributed by atoms with Crippen molar-refractivity contribution in [3.63, 3.8) is 0 Å². The second kappa shape index (κ2) is 8.83. The summed E-state index contributed by atoms with van der Waals surface area (Å²) < 4.78 is 11.0. The molecule has 2 aromatic heterocycles. The van der Waals surface area contributed by atoms with Crippen molar-refractivity contribution in [3.8, 4) is 0 Å². The molecule has 9 heteroatoms. The standard InChI is InChI=1S/C21H21BrN4O4/c1-13-23-21(30-25-13)15-3-2-10-26(12-15)19(27)11-14-4-6-16(7-5-14)24-20(28)17-8-9-18(22)29-17/h4-9,15H,2-3,10-12H2,1H3,(H,24,28). The minimum atomic E-state index is -0.333. The van der Waals surface area contributed by atoms with Gasteiger partial charge < -0.3 is 19.2 Å². The predicted octanol–water partition coefficient (Wildman–Crippen LogP) is 3.93. The van der Waals surface area contributed by atoms with Crippen LogP contribution in [0.4, 0.5) is 5.69 Å². The minimum Gasteiger partial charge on any atom is -0.444 e. The number of piperidine rings is 1. The lowest BCUT2D eigenvalue weighted by Gasteiger charge is -2.31. The first-order chi connectivity index (χ1) is 14.5. The lowest BCUT2D eigenvalue weighted by atomic mass is 9.97. The van der Waals surface area contributed by atoms with E-state index in [0.717, 1.165) is 24.9 Å². The third-order valence-electron chi connectivity index (χ3n) is 5.03. The van der Waals surface area contributed by atoms with E-state index in [1.165, 1.54) is 0 Å². The highest BCUT2D eigenvalue weighted by molar-refractivity contribution is 9.10. The van der Waals surface area contributed by atoms with Gasteiger partial charge in [-0.15, -0.1) is 0 Å². The van der Waals surface area contributed by atoms with Crippen LogP contribution in [-0.2, 0) is 11.2 Å². The molecular formula is C21H21BrN4O4. The number of benzene rings is 1. The smallest absolute Gasteiger partial charge is 0.291 e. The molecule has 1 atom stereocenters. The quantitative estimate of drug-likeness (QED) is 0.603. The summed E-state index contributed by atoms with van der Waals surface area (Å²) in [4.78, 5) is 31.1. The molecule has 30 heavy (non-hydrogen) atoms. The molecule has 3 aromatic rings. The molecule has 3 heterocycles. The number of halogens is 1. The fraction of sp³-hybridized carbons (Fsp3) is 0.333. The maximum Gasteiger partial charge on any atom is 0.291 e. The van der Waals surface area contributed by atoms with Crippen LogP contribution in [-0.4, -0.2) is 39.9 Å². The van der Waals surface area contributed by atoms with E-state index in [9.17, 15) is 9.59 Å². The Morgan fingerprint density at radius 3 is 2.70 bits per heavy atom. The van der Waals surface area contributed by atoms with Gasteiger partial charge in [0.05, 0.1) is 12.3 Å². The number of carbonyl (C=O) groups excluding carboxylic acids is 2. The highest BCUT2D eigenvalue weighted by Gasteiger charge is 2.28. The van der Waals surface area contributed by atoms with E-state index in [1.807, 2.05) is 17.0 Å². The van der Waals surface area contributed by atoms with Crippen LogP contribution in [0.15, 0.2) is 50.0 Å². The van der Waals surface area contributed by atoms with Gasteiger partial charge in [0.1, 0.15) is 0 Å². The van der Waals surface area contributed by atoms with Crippen molar-refractivity contribution in [1.29, 1.82) is 0 Å². The van der Waals surface area contributed by atoms with Crippen molar-refractivity contribution in [3.05, 3.63) is 64.1 Å². The second-order valence-corrected chi connectivity index (χ2v) is 8.07. The van der Waals surface area contributed by atoms with E-state index < -0.39 is 0 Å². The van der Waals surface area contributed by atoms with Crippen molar-refractivity contribution in [2.75, 3.05) is 18.4 Å². The number of amides is 2. The van der Waals surface area contributed by atoms with Crippen molar-refractivity contribution >= 4 is 33.4 Å². The number of nitrogens with zero attached hydrogens (tertiary/aromatic N) is 3. The van der Waals surface area contributed by atoms with Crippen LogP contribution in [0.25, 0.3) is 0 Å². The van der Waals surface area contributed by atoms with Gasteiger partial charge in [-0.3, -0.25) is 9.59 Å². The Morgan fingerprint density at radius 1 is 1.23 bits per heavy atom. The lowest BCUT2D eigenvalue weighted by Crippen LogP contribution is -2.40. The summed E-state index contributed by atoms with van der Waals surface area (Å²) in [6, 6.07) is 10.5. The summed E-state index contributed by atoms with van der Waals surface area (Å²) in [6.07, 6.45) is 2.15. The topological polar surface area (TPSA) is 101 Å². The molecule has 0 aliphatic carbocycles. The Morgan fingerprint density at radius 2 is 2.03 bits per heavy atom. The van der Waals surface area contributed by atoms with Crippen LogP contribution >= 0.6 is 15.9 Å². The summed E-state index contributed by atoms with van der Waals surface area (Å²) >= 11 is 3.17. The van der Waals surface area contributed by atoms with E-state index in [2.05, 4.69) is 31.4 Å². The number of nitrogens with one attached hydrogen (secondary N) is 1. The van der Waals surface area contributed by atoms with Crippen LogP contribution in [0.1, 0.15) is 46.6 Å². The monoisotopic (exact) mass is 472 g/mol. The normalized spacial score (nSPS) is 16.5. The van der Waals surface area contributed by atoms with E-state index in [0.29, 0.717) is 35.0 Å². The molecule has 0 spiro atoms. The number of aromatic nitrogens is 2. The second-order valence-electron chi connectivity index (χ2n) is 7.29. The van der Waals surface area contributed by atoms with Gasteiger partial charge in [0, 0.05) is 18.8 Å². The molecule has 156 valence electrons. The minimum absolute atomic E-state index is 0.0631. The number of rotatable bonds is 5. The molecule has 4 rings (SSSR count). The van der Waals surface area contributed by atoms with Crippen molar-refractivity contribution in [2.45, 2.75) is 32.1 Å². The molecule has 1 aliphatic rings. The van der Waals surface area contributed by atoms with Gasteiger partial charge in [-0.25, -0.2) is 0 Å². The first-order valence-corrected chi connectivity index (χ1v) is 10.5. The van der Waals surface area contributed by atoms with Crippen molar-refractivity contribution < 1.29 is 18.5 Å². The van der Waals surface area contributed by atoms with E-state index in [-0.39, 0.29) is 23.5 Å². The van der Waals surface area contributed by atoms with Gasteiger partial charge >= 0.3 is 0 Å². The SMILES string of the molecule is Cc1noc(C2CCCN(C(=O)Cc3ccc(NC(=O)c4ccc(Br)o4)cc3)C2)n1. The molecule has 0 saturated carbocycles. The summed E-state index contributed by atoms with van der Waals surface area (Å²) in [7, 11) is 0. The average molecular weight is 473 g/mol. The van der Waals surface area contributed by atoms with Crippen molar-refractivity contribution in [1.82, 2.24) is 15.0 Å². The largest absolute Gasteiger partial charge is 0.444 e. The molecule has 2 amide bonds. The fourth-order valence-electron chi connectivity index (χ4n) is 3.51. The van der Waals surface area contributed by atoms with Gasteiger partial charge in [0.15, 0.2) is 16.3 Å². The average Bonchev–Trinajstić information content (AvgIpc) is 3.38. The Labute approximate surface area is 181 Å². The summed E-state index contributed by atoms with van der Waals surface area (Å²) in [5, 5.41) is 6.62. The molecule has 1 aromatic carbocycles. The number of hydrogen-bond acceptors (Lipinski definition) is 6. The zero-order chi connectivity index (χ0) is 21.1. The maximum atomic E-state index is 12.8. The highest BCUT2D eigenvalue weighted by Crippen LogP contribution is 2.26. The molecular weight excluding hydrogens is 452 g/mol. The summed E-state index contributed by atoms with van der Waals surface area (Å²) in [5.74, 6) is 1.25. The number of hydrogen-bond donors (Lipinski definition) is 1. The van der Waals surface area contributed by atoms with Gasteiger partial charge in [-0.1, -0.05) is 17.3 Å². The number of anilines is 1. The fourth-order valence-corrected chi connectivity index (χ4v) is 3.81. The number of furan rings is 1. The van der Waals surface area contributed by atoms with Gasteiger partial charge in [0.2, 0.25) is 11.8 Å². The third-order valence-corrected chi connectivity index (χ3v) is 5.46. The Bertz CT molecular complexity index is 1040.